The van der Waals surface area contributed by atoms with E-state index in [-0.39, 0.29) is 5.69 Å². The Hall–Kier alpha value is -1.46. The molecule has 2 aromatic rings. The van der Waals surface area contributed by atoms with Crippen LogP contribution in [-0.2, 0) is 13.1 Å². The Morgan fingerprint density at radius 2 is 1.84 bits per heavy atom. The highest BCUT2D eigenvalue weighted by Crippen LogP contribution is 2.23. The van der Waals surface area contributed by atoms with Crippen molar-refractivity contribution in [3.63, 3.8) is 0 Å². The van der Waals surface area contributed by atoms with Crippen LogP contribution in [0.15, 0.2) is 11.1 Å². The number of hydrogen-bond acceptors (Lipinski definition) is 5. The van der Waals surface area contributed by atoms with Crippen LogP contribution in [-0.4, -0.2) is 42.2 Å². The molecular formula is C16H31N5O2Si2. The van der Waals surface area contributed by atoms with Crippen LogP contribution >= 0.6 is 0 Å². The van der Waals surface area contributed by atoms with Crippen LogP contribution in [0.3, 0.4) is 0 Å². The zero-order chi connectivity index (χ0) is 18.8. The Morgan fingerprint density at radius 3 is 2.40 bits per heavy atom. The second kappa shape index (κ2) is 7.42. The van der Waals surface area contributed by atoms with Gasteiger partial charge in [-0.3, -0.25) is 4.57 Å². The van der Waals surface area contributed by atoms with Gasteiger partial charge in [-0.15, -0.1) is 0 Å². The Balaban J connectivity index is 2.48. The van der Waals surface area contributed by atoms with Gasteiger partial charge in [0, 0.05) is 19.6 Å². The SMILES string of the molecule is CCCn1c(=O)nc(O[Si](C)(C)C)c2c1ncn2CCN[Si](C)(C)C. The predicted molar refractivity (Wildman–Crippen MR) is 107 cm³/mol. The molecule has 0 spiro atoms. The van der Waals surface area contributed by atoms with Crippen molar-refractivity contribution in [2.45, 2.75) is 65.7 Å². The van der Waals surface area contributed by atoms with Gasteiger partial charge in [-0.25, -0.2) is 9.78 Å². The average molecular weight is 382 g/mol. The van der Waals surface area contributed by atoms with E-state index < -0.39 is 16.6 Å². The molecule has 0 amide bonds. The van der Waals surface area contributed by atoms with Crippen LogP contribution in [0.2, 0.25) is 39.3 Å². The van der Waals surface area contributed by atoms with Crippen LogP contribution in [0.1, 0.15) is 13.3 Å². The zero-order valence-corrected chi connectivity index (χ0v) is 18.5. The Bertz CT molecular complexity index is 787. The van der Waals surface area contributed by atoms with E-state index in [0.29, 0.717) is 18.1 Å². The summed E-state index contributed by atoms with van der Waals surface area (Å²) in [5, 5.41) is 0. The summed E-state index contributed by atoms with van der Waals surface area (Å²) >= 11 is 0. The van der Waals surface area contributed by atoms with Crippen molar-refractivity contribution < 1.29 is 4.43 Å². The van der Waals surface area contributed by atoms with Gasteiger partial charge >= 0.3 is 5.69 Å². The lowest BCUT2D eigenvalue weighted by Gasteiger charge is -2.21. The van der Waals surface area contributed by atoms with E-state index in [1.807, 2.05) is 6.92 Å². The molecule has 2 rings (SSSR count). The first-order valence-corrected chi connectivity index (χ1v) is 15.8. The minimum Gasteiger partial charge on any atom is -0.530 e. The maximum atomic E-state index is 12.4. The monoisotopic (exact) mass is 381 g/mol. The molecule has 0 atom stereocenters. The highest BCUT2D eigenvalue weighted by molar-refractivity contribution is 6.73. The van der Waals surface area contributed by atoms with Gasteiger partial charge in [0.1, 0.15) is 13.8 Å². The minimum atomic E-state index is -1.89. The molecular weight excluding hydrogens is 350 g/mol. The highest BCUT2D eigenvalue weighted by atomic mass is 28.4. The number of rotatable bonds is 8. The lowest BCUT2D eigenvalue weighted by Crippen LogP contribution is -2.42. The minimum absolute atomic E-state index is 0.284. The highest BCUT2D eigenvalue weighted by Gasteiger charge is 2.23. The molecule has 0 saturated carbocycles. The third kappa shape index (κ3) is 5.26. The number of hydrogen-bond donors (Lipinski definition) is 1. The van der Waals surface area contributed by atoms with Gasteiger partial charge in [-0.2, -0.15) is 4.98 Å². The molecule has 140 valence electrons. The first-order valence-electron chi connectivity index (χ1n) is 8.91. The first kappa shape index (κ1) is 19.9. The van der Waals surface area contributed by atoms with Gasteiger partial charge in [0.05, 0.1) is 6.33 Å². The van der Waals surface area contributed by atoms with E-state index in [2.05, 4.69) is 58.8 Å². The predicted octanol–water partition coefficient (Wildman–Crippen LogP) is 2.64. The molecule has 0 aliphatic rings. The molecule has 2 aromatic heterocycles. The lowest BCUT2D eigenvalue weighted by molar-refractivity contribution is 0.522. The molecule has 7 nitrogen and oxygen atoms in total. The van der Waals surface area contributed by atoms with Crippen molar-refractivity contribution in [3.8, 4) is 5.88 Å². The summed E-state index contributed by atoms with van der Waals surface area (Å²) in [4.78, 5) is 24.8. The van der Waals surface area contributed by atoms with Crippen LogP contribution in [0.4, 0.5) is 0 Å². The average Bonchev–Trinajstić information content (AvgIpc) is 2.84. The molecule has 0 aliphatic heterocycles. The number of fused-ring (bicyclic) bond motifs is 1. The molecule has 0 radical (unpaired) electrons. The van der Waals surface area contributed by atoms with Gasteiger partial charge in [-0.05, 0) is 26.1 Å². The Kier molecular flexibility index (Phi) is 5.90. The van der Waals surface area contributed by atoms with Crippen molar-refractivity contribution in [2.24, 2.45) is 0 Å². The summed E-state index contributed by atoms with van der Waals surface area (Å²) in [7, 11) is -3.21. The molecule has 9 heteroatoms. The van der Waals surface area contributed by atoms with Crippen LogP contribution in [0, 0.1) is 0 Å². The third-order valence-corrected chi connectivity index (χ3v) is 5.68. The van der Waals surface area contributed by atoms with Crippen molar-refractivity contribution in [2.75, 3.05) is 6.54 Å². The maximum Gasteiger partial charge on any atom is 0.352 e. The molecule has 0 saturated heterocycles. The molecule has 0 fully saturated rings. The van der Waals surface area contributed by atoms with Crippen molar-refractivity contribution in [3.05, 3.63) is 16.8 Å². The summed E-state index contributed by atoms with van der Waals surface area (Å²) < 4.78 is 9.82. The smallest absolute Gasteiger partial charge is 0.352 e. The molecule has 0 aromatic carbocycles. The van der Waals surface area contributed by atoms with Crippen LogP contribution in [0.25, 0.3) is 11.2 Å². The second-order valence-electron chi connectivity index (χ2n) is 8.35. The maximum absolute atomic E-state index is 12.4. The number of nitrogens with zero attached hydrogens (tertiary/aromatic N) is 4. The van der Waals surface area contributed by atoms with Crippen molar-refractivity contribution in [1.82, 2.24) is 24.1 Å². The second-order valence-corrected chi connectivity index (χ2v) is 17.6. The van der Waals surface area contributed by atoms with E-state index in [9.17, 15) is 4.79 Å². The number of nitrogens with one attached hydrogen (secondary N) is 1. The van der Waals surface area contributed by atoms with Crippen LogP contribution < -0.4 is 15.1 Å². The van der Waals surface area contributed by atoms with E-state index in [4.69, 9.17) is 4.43 Å². The number of imidazole rings is 1. The lowest BCUT2D eigenvalue weighted by atomic mass is 10.4. The van der Waals surface area contributed by atoms with Gasteiger partial charge in [0.2, 0.25) is 14.2 Å². The molecule has 0 aliphatic carbocycles. The fourth-order valence-corrected chi connectivity index (χ4v) is 4.17. The standard InChI is InChI=1S/C16H31N5O2Si2/c1-8-10-21-14-13(15(19-16(21)22)23-25(5,6)7)20(12-17-14)11-9-18-24(2,3)4/h12,18H,8-11H2,1-7H3. The van der Waals surface area contributed by atoms with Crippen LogP contribution in [0.5, 0.6) is 5.88 Å². The Labute approximate surface area is 151 Å². The fraction of sp³-hybridized carbons (Fsp3) is 0.688. The normalized spacial score (nSPS) is 12.8. The van der Waals surface area contributed by atoms with E-state index in [1.165, 1.54) is 0 Å². The number of aromatic nitrogens is 4. The van der Waals surface area contributed by atoms with Crippen molar-refractivity contribution in [1.29, 1.82) is 0 Å². The van der Waals surface area contributed by atoms with Gasteiger partial charge < -0.3 is 14.0 Å². The van der Waals surface area contributed by atoms with Gasteiger partial charge in [-0.1, -0.05) is 26.6 Å². The van der Waals surface area contributed by atoms with Gasteiger partial charge in [0.15, 0.2) is 5.65 Å². The summed E-state index contributed by atoms with van der Waals surface area (Å²) in [5.74, 6) is 0.428. The largest absolute Gasteiger partial charge is 0.530 e. The molecule has 0 unspecified atom stereocenters. The topological polar surface area (TPSA) is 74.0 Å². The quantitative estimate of drug-likeness (QED) is 0.712. The zero-order valence-electron chi connectivity index (χ0n) is 16.5. The van der Waals surface area contributed by atoms with E-state index >= 15 is 0 Å². The molecule has 25 heavy (non-hydrogen) atoms. The summed E-state index contributed by atoms with van der Waals surface area (Å²) in [6, 6.07) is 0. The number of aryl methyl sites for hydroxylation is 1. The fourth-order valence-electron chi connectivity index (χ4n) is 2.59. The summed E-state index contributed by atoms with van der Waals surface area (Å²) in [6.45, 7) is 17.4. The summed E-state index contributed by atoms with van der Waals surface area (Å²) in [6.07, 6.45) is 2.65. The molecule has 1 N–H and O–H groups in total. The molecule has 2 heterocycles. The Morgan fingerprint density at radius 1 is 1.16 bits per heavy atom. The van der Waals surface area contributed by atoms with E-state index in [0.717, 1.165) is 25.0 Å². The third-order valence-electron chi connectivity index (χ3n) is 3.56. The van der Waals surface area contributed by atoms with Gasteiger partial charge in [0.25, 0.3) is 0 Å². The first-order chi connectivity index (χ1) is 11.5. The summed E-state index contributed by atoms with van der Waals surface area (Å²) in [5.41, 5.74) is 1.21. The van der Waals surface area contributed by atoms with E-state index in [1.54, 1.807) is 10.9 Å². The van der Waals surface area contributed by atoms with Crippen molar-refractivity contribution >= 4 is 27.7 Å². The molecule has 0 bridgehead atoms.